The maximum absolute atomic E-state index is 13.8. The van der Waals surface area contributed by atoms with Gasteiger partial charge in [0.1, 0.15) is 14.8 Å². The number of aromatic nitrogens is 1. The van der Waals surface area contributed by atoms with Crippen LogP contribution in [-0.2, 0) is 29.6 Å². The number of carbonyl (C=O) groups is 2. The van der Waals surface area contributed by atoms with E-state index in [1.165, 1.54) is 19.9 Å². The summed E-state index contributed by atoms with van der Waals surface area (Å²) in [4.78, 5) is 25.1. The molecule has 0 spiro atoms. The van der Waals surface area contributed by atoms with Crippen LogP contribution in [0.3, 0.4) is 0 Å². The zero-order valence-corrected chi connectivity index (χ0v) is 22.9. The molecule has 2 fully saturated rings. The van der Waals surface area contributed by atoms with Crippen LogP contribution < -0.4 is 5.32 Å². The molecule has 4 rings (SSSR count). The fraction of sp³-hybridized carbons (Fsp3) is 0.591. The Labute approximate surface area is 219 Å². The largest absolute Gasteiger partial charge is 0.481 e. The quantitative estimate of drug-likeness (QED) is 0.455. The number of carboxylic acid groups (broad SMARTS) is 1. The molecular weight excluding hydrogens is 544 g/mol. The zero-order valence-electron chi connectivity index (χ0n) is 20.5. The first-order valence-electron chi connectivity index (χ1n) is 12.0. The van der Waals surface area contributed by atoms with Gasteiger partial charge in [0.05, 0.1) is 6.42 Å². The Balaban J connectivity index is 1.73. The molecule has 2 aliphatic rings. The molecule has 204 valence electrons. The van der Waals surface area contributed by atoms with Gasteiger partial charge >= 0.3 is 5.97 Å². The molecule has 1 saturated heterocycles. The number of carboxylic acids is 1. The predicted molar refractivity (Wildman–Crippen MR) is 133 cm³/mol. The summed E-state index contributed by atoms with van der Waals surface area (Å²) in [6.45, 7) is 2.33. The van der Waals surface area contributed by atoms with Crippen LogP contribution in [0.1, 0.15) is 50.0 Å². The van der Waals surface area contributed by atoms with Gasteiger partial charge in [0.15, 0.2) is 11.9 Å². The molecular formula is C22H30N4O8S3. The van der Waals surface area contributed by atoms with Crippen molar-refractivity contribution in [3.8, 4) is 0 Å². The lowest BCUT2D eigenvalue weighted by Gasteiger charge is -2.33. The summed E-state index contributed by atoms with van der Waals surface area (Å²) in [7, 11) is -8.63. The Hall–Kier alpha value is -2.33. The van der Waals surface area contributed by atoms with Crippen LogP contribution in [0.5, 0.6) is 0 Å². The minimum Gasteiger partial charge on any atom is -0.481 e. The number of sulfonamides is 2. The van der Waals surface area contributed by atoms with E-state index in [4.69, 9.17) is 4.52 Å². The van der Waals surface area contributed by atoms with Gasteiger partial charge in [0.25, 0.3) is 15.9 Å². The highest BCUT2D eigenvalue weighted by atomic mass is 32.2. The molecule has 37 heavy (non-hydrogen) atoms. The van der Waals surface area contributed by atoms with Crippen LogP contribution in [0, 0.1) is 19.8 Å². The lowest BCUT2D eigenvalue weighted by molar-refractivity contribution is -0.138. The topological polar surface area (TPSA) is 167 Å². The first-order valence-corrected chi connectivity index (χ1v) is 15.7. The third kappa shape index (κ3) is 5.46. The lowest BCUT2D eigenvalue weighted by atomic mass is 9.82. The van der Waals surface area contributed by atoms with E-state index < -0.39 is 44.1 Å². The van der Waals surface area contributed by atoms with Crippen LogP contribution in [-0.4, -0.2) is 72.9 Å². The molecule has 2 unspecified atom stereocenters. The van der Waals surface area contributed by atoms with E-state index >= 15 is 0 Å². The van der Waals surface area contributed by atoms with Crippen molar-refractivity contribution in [1.29, 1.82) is 0 Å². The minimum absolute atomic E-state index is 0.0159. The van der Waals surface area contributed by atoms with Crippen molar-refractivity contribution in [2.45, 2.75) is 73.7 Å². The van der Waals surface area contributed by atoms with Crippen molar-refractivity contribution in [3.63, 3.8) is 0 Å². The molecule has 1 amide bonds. The van der Waals surface area contributed by atoms with Gasteiger partial charge in [0, 0.05) is 19.1 Å². The molecule has 2 aromatic rings. The maximum atomic E-state index is 13.8. The Kier molecular flexibility index (Phi) is 8.09. The van der Waals surface area contributed by atoms with Gasteiger partial charge in [-0.2, -0.15) is 8.61 Å². The van der Waals surface area contributed by atoms with Crippen LogP contribution in [0.4, 0.5) is 0 Å². The van der Waals surface area contributed by atoms with E-state index in [9.17, 15) is 31.5 Å². The van der Waals surface area contributed by atoms with E-state index in [0.717, 1.165) is 52.1 Å². The van der Waals surface area contributed by atoms with Crippen LogP contribution in [0.15, 0.2) is 31.1 Å². The van der Waals surface area contributed by atoms with E-state index in [1.807, 2.05) is 0 Å². The van der Waals surface area contributed by atoms with E-state index in [-0.39, 0.29) is 46.0 Å². The second-order valence-corrected chi connectivity index (χ2v) is 14.2. The Morgan fingerprint density at radius 2 is 1.78 bits per heavy atom. The zero-order chi connectivity index (χ0) is 27.0. The average molecular weight is 575 g/mol. The Morgan fingerprint density at radius 1 is 1.14 bits per heavy atom. The van der Waals surface area contributed by atoms with Crippen molar-refractivity contribution >= 4 is 43.3 Å². The number of hydrogen-bond acceptors (Lipinski definition) is 9. The van der Waals surface area contributed by atoms with Crippen molar-refractivity contribution < 1.29 is 36.1 Å². The molecule has 2 N–H and O–H groups in total. The minimum atomic E-state index is -4.40. The van der Waals surface area contributed by atoms with E-state index in [0.29, 0.717) is 0 Å². The summed E-state index contributed by atoms with van der Waals surface area (Å²) in [5.41, 5.74) is 0.0854. The molecule has 1 aliphatic carbocycles. The molecule has 0 aromatic carbocycles. The summed E-state index contributed by atoms with van der Waals surface area (Å²) < 4.78 is 61.1. The average Bonchev–Trinajstić information content (AvgIpc) is 3.59. The third-order valence-electron chi connectivity index (χ3n) is 6.85. The van der Waals surface area contributed by atoms with Crippen LogP contribution >= 0.6 is 11.3 Å². The van der Waals surface area contributed by atoms with Gasteiger partial charge in [-0.15, -0.1) is 11.3 Å². The summed E-state index contributed by atoms with van der Waals surface area (Å²) in [5.74, 6) is -2.08. The van der Waals surface area contributed by atoms with Gasteiger partial charge in [-0.1, -0.05) is 30.5 Å². The number of amides is 1. The molecule has 1 saturated carbocycles. The number of carbonyl (C=O) groups excluding carboxylic acids is 1. The smallest absolute Gasteiger partial charge is 0.305 e. The van der Waals surface area contributed by atoms with Crippen LogP contribution in [0.2, 0.25) is 0 Å². The van der Waals surface area contributed by atoms with Gasteiger partial charge in [0.2, 0.25) is 10.0 Å². The predicted octanol–water partition coefficient (Wildman–Crippen LogP) is 1.91. The summed E-state index contributed by atoms with van der Waals surface area (Å²) in [6.07, 6.45) is 2.16. The lowest BCUT2D eigenvalue weighted by Crippen LogP contribution is -2.56. The van der Waals surface area contributed by atoms with Crippen molar-refractivity contribution in [2.24, 2.45) is 5.92 Å². The standard InChI is InChI=1S/C22H30N4O8S3/c1-14-20(15(2)34-24-14)37(32,33)26-11-10-25(36(30,31)19-9-6-12-35-19)22(26)21(29)23-17(13-18(27)28)16-7-4-3-5-8-16/h6,9,12,16-17,22H,3-5,7-8,10-11,13H2,1-2H3,(H,23,29)(H,27,28). The van der Waals surface area contributed by atoms with Gasteiger partial charge < -0.3 is 14.9 Å². The summed E-state index contributed by atoms with van der Waals surface area (Å²) in [5, 5.41) is 17.5. The highest BCUT2D eigenvalue weighted by Gasteiger charge is 2.51. The van der Waals surface area contributed by atoms with Gasteiger partial charge in [-0.3, -0.25) is 9.59 Å². The van der Waals surface area contributed by atoms with Crippen molar-refractivity contribution in [3.05, 3.63) is 29.0 Å². The van der Waals surface area contributed by atoms with E-state index in [1.54, 1.807) is 11.4 Å². The number of nitrogens with one attached hydrogen (secondary N) is 1. The Bertz CT molecular complexity index is 1330. The molecule has 15 heteroatoms. The number of aryl methyl sites for hydroxylation is 2. The first kappa shape index (κ1) is 27.7. The number of rotatable bonds is 9. The second-order valence-electron chi connectivity index (χ2n) is 9.30. The highest BCUT2D eigenvalue weighted by molar-refractivity contribution is 7.91. The molecule has 2 aromatic heterocycles. The Morgan fingerprint density at radius 3 is 2.32 bits per heavy atom. The highest BCUT2D eigenvalue weighted by Crippen LogP contribution is 2.34. The first-order chi connectivity index (χ1) is 17.4. The molecule has 3 heterocycles. The molecule has 2 atom stereocenters. The van der Waals surface area contributed by atoms with Crippen molar-refractivity contribution in [1.82, 2.24) is 19.1 Å². The van der Waals surface area contributed by atoms with Gasteiger partial charge in [-0.05, 0) is 44.1 Å². The summed E-state index contributed by atoms with van der Waals surface area (Å²) in [6, 6.07) is 2.17. The van der Waals surface area contributed by atoms with Crippen molar-refractivity contribution in [2.75, 3.05) is 13.1 Å². The monoisotopic (exact) mass is 574 g/mol. The van der Waals surface area contributed by atoms with E-state index in [2.05, 4.69) is 10.5 Å². The number of nitrogens with zero attached hydrogens (tertiary/aromatic N) is 3. The fourth-order valence-corrected chi connectivity index (χ4v) is 9.72. The molecule has 0 radical (unpaired) electrons. The number of aliphatic carboxylic acids is 1. The molecule has 12 nitrogen and oxygen atoms in total. The third-order valence-corrected chi connectivity index (χ3v) is 12.2. The van der Waals surface area contributed by atoms with Gasteiger partial charge in [-0.25, -0.2) is 16.8 Å². The SMILES string of the molecule is Cc1noc(C)c1S(=O)(=O)N1CCN(S(=O)(=O)c2cccs2)C1C(=O)NC(CC(=O)O)C1CCCCC1. The molecule has 1 aliphatic heterocycles. The maximum Gasteiger partial charge on any atom is 0.305 e. The molecule has 0 bridgehead atoms. The number of thiophene rings is 1. The van der Waals surface area contributed by atoms with Crippen LogP contribution in [0.25, 0.3) is 0 Å². The fourth-order valence-electron chi connectivity index (χ4n) is 5.15. The second kappa shape index (κ2) is 10.8. The summed E-state index contributed by atoms with van der Waals surface area (Å²) >= 11 is 0.955. The normalized spacial score (nSPS) is 21.2. The number of hydrogen-bond donors (Lipinski definition) is 2.